The maximum Gasteiger partial charge on any atom is 0.275 e. The molecule has 112 valence electrons. The summed E-state index contributed by atoms with van der Waals surface area (Å²) in [6.45, 7) is -0.100. The fourth-order valence-corrected chi connectivity index (χ4v) is 2.73. The Bertz CT molecular complexity index is 953. The maximum absolute atomic E-state index is 13.6. The lowest BCUT2D eigenvalue weighted by atomic mass is 10.2. The van der Waals surface area contributed by atoms with Crippen LogP contribution >= 0.6 is 0 Å². The Kier molecular flexibility index (Phi) is 2.79. The molecule has 6 heteroatoms. The van der Waals surface area contributed by atoms with Crippen LogP contribution in [-0.2, 0) is 11.3 Å². The van der Waals surface area contributed by atoms with Crippen molar-refractivity contribution in [3.8, 4) is 0 Å². The summed E-state index contributed by atoms with van der Waals surface area (Å²) in [5.74, 6) is -0.652. The van der Waals surface area contributed by atoms with Gasteiger partial charge >= 0.3 is 0 Å². The lowest BCUT2D eigenvalue weighted by Gasteiger charge is -2.12. The van der Waals surface area contributed by atoms with Gasteiger partial charge in [0, 0.05) is 12.2 Å². The number of amides is 1. The first-order chi connectivity index (χ1) is 10.6. The van der Waals surface area contributed by atoms with E-state index in [1.807, 2.05) is 0 Å². The summed E-state index contributed by atoms with van der Waals surface area (Å²) in [4.78, 5) is 24.6. The topological polar surface area (TPSA) is 55.5 Å². The summed E-state index contributed by atoms with van der Waals surface area (Å²) < 4.78 is 16.7. The Hall–Kier alpha value is -2.63. The first-order valence-electron chi connectivity index (χ1n) is 7.22. The molecule has 4 rings (SSSR count). The average molecular weight is 299 g/mol. The number of fused-ring (bicyclic) bond motifs is 3. The first-order valence-corrected chi connectivity index (χ1v) is 7.22. The first kappa shape index (κ1) is 13.1. The Morgan fingerprint density at radius 2 is 2.05 bits per heavy atom. The van der Waals surface area contributed by atoms with Gasteiger partial charge in [0.05, 0.1) is 11.0 Å². The van der Waals surface area contributed by atoms with Gasteiger partial charge in [-0.2, -0.15) is 0 Å². The largest absolute Gasteiger partial charge is 0.352 e. The SMILES string of the molecule is O=C(Cn1c(=O)c2cccn2c2ccc(F)cc21)NC1CC1. The van der Waals surface area contributed by atoms with Crippen LogP contribution in [0.3, 0.4) is 0 Å². The van der Waals surface area contributed by atoms with Crippen LogP contribution in [-0.4, -0.2) is 20.9 Å². The third kappa shape index (κ3) is 2.07. The van der Waals surface area contributed by atoms with E-state index in [2.05, 4.69) is 5.32 Å². The minimum atomic E-state index is -0.435. The van der Waals surface area contributed by atoms with Gasteiger partial charge in [0.2, 0.25) is 5.91 Å². The normalized spacial score (nSPS) is 14.6. The molecule has 2 aromatic heterocycles. The number of nitrogens with one attached hydrogen (secondary N) is 1. The van der Waals surface area contributed by atoms with Crippen molar-refractivity contribution < 1.29 is 9.18 Å². The highest BCUT2D eigenvalue weighted by molar-refractivity contribution is 5.82. The van der Waals surface area contributed by atoms with E-state index >= 15 is 0 Å². The van der Waals surface area contributed by atoms with Crippen molar-refractivity contribution in [1.82, 2.24) is 14.3 Å². The third-order valence-electron chi connectivity index (χ3n) is 3.95. The van der Waals surface area contributed by atoms with Crippen molar-refractivity contribution in [1.29, 1.82) is 0 Å². The standard InChI is InChI=1S/C16H14FN3O2/c17-10-3-6-12-14(8-10)20(9-15(21)18-11-4-5-11)16(22)13-2-1-7-19(12)13/h1-3,6-8,11H,4-5,9H2,(H,18,21). The number of carbonyl (C=O) groups excluding carboxylic acids is 1. The van der Waals surface area contributed by atoms with Crippen molar-refractivity contribution >= 4 is 22.5 Å². The number of rotatable bonds is 3. The molecule has 1 saturated carbocycles. The lowest BCUT2D eigenvalue weighted by Crippen LogP contribution is -2.34. The van der Waals surface area contributed by atoms with Crippen LogP contribution in [0.1, 0.15) is 12.8 Å². The van der Waals surface area contributed by atoms with E-state index in [1.54, 1.807) is 28.8 Å². The zero-order chi connectivity index (χ0) is 15.3. The van der Waals surface area contributed by atoms with Crippen LogP contribution in [0.4, 0.5) is 4.39 Å². The molecule has 22 heavy (non-hydrogen) atoms. The van der Waals surface area contributed by atoms with Gasteiger partial charge in [-0.05, 0) is 43.2 Å². The van der Waals surface area contributed by atoms with Crippen LogP contribution in [0.25, 0.3) is 16.6 Å². The predicted molar refractivity (Wildman–Crippen MR) is 80.3 cm³/mol. The smallest absolute Gasteiger partial charge is 0.275 e. The van der Waals surface area contributed by atoms with Gasteiger partial charge in [0.25, 0.3) is 5.56 Å². The van der Waals surface area contributed by atoms with E-state index in [0.29, 0.717) is 16.6 Å². The Morgan fingerprint density at radius 3 is 2.82 bits per heavy atom. The maximum atomic E-state index is 13.6. The molecule has 0 spiro atoms. The highest BCUT2D eigenvalue weighted by atomic mass is 19.1. The number of benzene rings is 1. The molecule has 1 amide bonds. The molecule has 0 aliphatic heterocycles. The second kappa shape index (κ2) is 4.69. The van der Waals surface area contributed by atoms with Crippen LogP contribution in [0, 0.1) is 5.82 Å². The molecule has 1 aliphatic carbocycles. The molecular weight excluding hydrogens is 285 g/mol. The average Bonchev–Trinajstić information content (AvgIpc) is 3.15. The fourth-order valence-electron chi connectivity index (χ4n) is 2.73. The van der Waals surface area contributed by atoms with Crippen molar-refractivity contribution in [2.45, 2.75) is 25.4 Å². The molecule has 1 aromatic carbocycles. The van der Waals surface area contributed by atoms with Gasteiger partial charge in [-0.15, -0.1) is 0 Å². The van der Waals surface area contributed by atoms with Crippen LogP contribution in [0.2, 0.25) is 0 Å². The van der Waals surface area contributed by atoms with E-state index in [4.69, 9.17) is 0 Å². The van der Waals surface area contributed by atoms with Gasteiger partial charge in [0.15, 0.2) is 0 Å². The van der Waals surface area contributed by atoms with Crippen molar-refractivity contribution in [2.75, 3.05) is 0 Å². The van der Waals surface area contributed by atoms with Crippen molar-refractivity contribution in [2.24, 2.45) is 0 Å². The molecule has 1 aliphatic rings. The Morgan fingerprint density at radius 1 is 1.23 bits per heavy atom. The molecule has 0 atom stereocenters. The summed E-state index contributed by atoms with van der Waals surface area (Å²) in [6, 6.07) is 7.94. The quantitative estimate of drug-likeness (QED) is 0.800. The number of hydrogen-bond donors (Lipinski definition) is 1. The van der Waals surface area contributed by atoms with Gasteiger partial charge in [-0.1, -0.05) is 0 Å². The Balaban J connectivity index is 1.92. The van der Waals surface area contributed by atoms with Crippen molar-refractivity contribution in [3.63, 3.8) is 0 Å². The predicted octanol–water partition coefficient (Wildman–Crippen LogP) is 1.67. The highest BCUT2D eigenvalue weighted by Crippen LogP contribution is 2.19. The number of nitrogens with zero attached hydrogens (tertiary/aromatic N) is 2. The van der Waals surface area contributed by atoms with Gasteiger partial charge < -0.3 is 9.72 Å². The molecule has 0 bridgehead atoms. The van der Waals surface area contributed by atoms with E-state index < -0.39 is 5.82 Å². The van der Waals surface area contributed by atoms with Gasteiger partial charge in [0.1, 0.15) is 17.9 Å². The Labute approximate surface area is 125 Å². The van der Waals surface area contributed by atoms with E-state index in [0.717, 1.165) is 12.8 Å². The molecular formula is C16H14FN3O2. The van der Waals surface area contributed by atoms with Crippen LogP contribution in [0.5, 0.6) is 0 Å². The zero-order valence-corrected chi connectivity index (χ0v) is 11.8. The van der Waals surface area contributed by atoms with E-state index in [9.17, 15) is 14.0 Å². The van der Waals surface area contributed by atoms with Gasteiger partial charge in [-0.25, -0.2) is 4.39 Å². The molecule has 1 N–H and O–H groups in total. The number of aromatic nitrogens is 2. The molecule has 5 nitrogen and oxygen atoms in total. The minimum absolute atomic E-state index is 0.100. The summed E-state index contributed by atoms with van der Waals surface area (Å²) in [5.41, 5.74) is 1.28. The van der Waals surface area contributed by atoms with Crippen LogP contribution in [0.15, 0.2) is 41.3 Å². The molecule has 1 fully saturated rings. The van der Waals surface area contributed by atoms with Crippen LogP contribution < -0.4 is 10.9 Å². The molecule has 2 heterocycles. The third-order valence-corrected chi connectivity index (χ3v) is 3.95. The van der Waals surface area contributed by atoms with E-state index in [-0.39, 0.29) is 24.1 Å². The summed E-state index contributed by atoms with van der Waals surface area (Å²) >= 11 is 0. The number of hydrogen-bond acceptors (Lipinski definition) is 2. The second-order valence-corrected chi connectivity index (χ2v) is 5.63. The zero-order valence-electron chi connectivity index (χ0n) is 11.8. The molecule has 0 unspecified atom stereocenters. The summed E-state index contributed by atoms with van der Waals surface area (Å²) in [7, 11) is 0. The second-order valence-electron chi connectivity index (χ2n) is 5.63. The summed E-state index contributed by atoms with van der Waals surface area (Å²) in [5, 5.41) is 2.85. The summed E-state index contributed by atoms with van der Waals surface area (Å²) in [6.07, 6.45) is 3.72. The number of carbonyl (C=O) groups is 1. The number of halogens is 1. The molecule has 3 aromatic rings. The monoisotopic (exact) mass is 299 g/mol. The fraction of sp³-hybridized carbons (Fsp3) is 0.250. The van der Waals surface area contributed by atoms with E-state index in [1.165, 1.54) is 16.7 Å². The minimum Gasteiger partial charge on any atom is -0.352 e. The molecule has 0 saturated heterocycles. The lowest BCUT2D eigenvalue weighted by molar-refractivity contribution is -0.121. The highest BCUT2D eigenvalue weighted by Gasteiger charge is 2.24. The molecule has 0 radical (unpaired) electrons. The van der Waals surface area contributed by atoms with Crippen molar-refractivity contribution in [3.05, 3.63) is 52.7 Å². The van der Waals surface area contributed by atoms with Gasteiger partial charge in [-0.3, -0.25) is 14.2 Å².